The molecule has 2 aromatic rings. The molecular formula is C14H13N3O4. The van der Waals surface area contributed by atoms with Gasteiger partial charge in [0.25, 0.3) is 11.4 Å². The maximum atomic E-state index is 11.1. The number of nitrogens with two attached hydrogens (primary N) is 1. The van der Waals surface area contributed by atoms with Crippen LogP contribution in [-0.4, -0.2) is 9.85 Å². The Kier molecular flexibility index (Phi) is 3.84. The van der Waals surface area contributed by atoms with Gasteiger partial charge >= 0.3 is 0 Å². The van der Waals surface area contributed by atoms with Crippen molar-refractivity contribution >= 4 is 17.1 Å². The Hall–Kier alpha value is -2.96. The van der Waals surface area contributed by atoms with Crippen molar-refractivity contribution in [3.63, 3.8) is 0 Å². The number of nitro groups is 2. The number of hydrogen-bond acceptors (Lipinski definition) is 5. The molecular weight excluding hydrogens is 274 g/mol. The molecule has 108 valence electrons. The van der Waals surface area contributed by atoms with Crippen LogP contribution in [0.3, 0.4) is 0 Å². The van der Waals surface area contributed by atoms with Gasteiger partial charge in [-0.1, -0.05) is 12.1 Å². The highest BCUT2D eigenvalue weighted by Gasteiger charge is 2.19. The Balaban J connectivity index is 2.48. The summed E-state index contributed by atoms with van der Waals surface area (Å²) in [4.78, 5) is 21.1. The first-order chi connectivity index (χ1) is 9.88. The molecule has 0 spiro atoms. The van der Waals surface area contributed by atoms with Gasteiger partial charge in [0, 0.05) is 35.4 Å². The summed E-state index contributed by atoms with van der Waals surface area (Å²) < 4.78 is 0. The molecule has 0 fully saturated rings. The summed E-state index contributed by atoms with van der Waals surface area (Å²) in [6.07, 6.45) is 0.104. The van der Waals surface area contributed by atoms with E-state index in [-0.39, 0.29) is 23.5 Å². The average Bonchev–Trinajstić information content (AvgIpc) is 2.42. The summed E-state index contributed by atoms with van der Waals surface area (Å²) >= 11 is 0. The normalized spacial score (nSPS) is 10.3. The van der Waals surface area contributed by atoms with Crippen molar-refractivity contribution in [2.24, 2.45) is 0 Å². The zero-order valence-corrected chi connectivity index (χ0v) is 11.3. The van der Waals surface area contributed by atoms with Gasteiger partial charge in [-0.2, -0.15) is 0 Å². The summed E-state index contributed by atoms with van der Waals surface area (Å²) in [7, 11) is 0. The second-order valence-corrected chi connectivity index (χ2v) is 4.71. The number of aryl methyl sites for hydroxylation is 1. The van der Waals surface area contributed by atoms with Crippen molar-refractivity contribution in [1.82, 2.24) is 0 Å². The predicted octanol–water partition coefficient (Wildman–Crippen LogP) is 2.98. The molecule has 0 bridgehead atoms. The van der Waals surface area contributed by atoms with E-state index in [1.807, 2.05) is 0 Å². The molecule has 0 unspecified atom stereocenters. The second-order valence-electron chi connectivity index (χ2n) is 4.71. The second kappa shape index (κ2) is 5.58. The van der Waals surface area contributed by atoms with Crippen LogP contribution in [0.2, 0.25) is 0 Å². The quantitative estimate of drug-likeness (QED) is 0.527. The van der Waals surface area contributed by atoms with Crippen LogP contribution >= 0.6 is 0 Å². The van der Waals surface area contributed by atoms with Gasteiger partial charge in [-0.25, -0.2) is 0 Å². The van der Waals surface area contributed by atoms with E-state index in [2.05, 4.69) is 0 Å². The van der Waals surface area contributed by atoms with Crippen LogP contribution in [0, 0.1) is 27.2 Å². The minimum atomic E-state index is -0.536. The SMILES string of the molecule is Cc1ccc(Cc2ccc(N)cc2[N+](=O)[O-])c([N+](=O)[O-])c1. The van der Waals surface area contributed by atoms with Gasteiger partial charge in [-0.3, -0.25) is 20.2 Å². The van der Waals surface area contributed by atoms with Gasteiger partial charge < -0.3 is 5.73 Å². The zero-order valence-electron chi connectivity index (χ0n) is 11.3. The third-order valence-corrected chi connectivity index (χ3v) is 3.12. The fraction of sp³-hybridized carbons (Fsp3) is 0.143. The predicted molar refractivity (Wildman–Crippen MR) is 78.1 cm³/mol. The summed E-state index contributed by atoms with van der Waals surface area (Å²) in [6, 6.07) is 9.15. The third-order valence-electron chi connectivity index (χ3n) is 3.12. The molecule has 0 aromatic heterocycles. The number of anilines is 1. The molecule has 7 heteroatoms. The topological polar surface area (TPSA) is 112 Å². The molecule has 7 nitrogen and oxygen atoms in total. The fourth-order valence-electron chi connectivity index (χ4n) is 2.10. The summed E-state index contributed by atoms with van der Waals surface area (Å²) in [5.74, 6) is 0. The van der Waals surface area contributed by atoms with Gasteiger partial charge in [0.05, 0.1) is 9.85 Å². The van der Waals surface area contributed by atoms with E-state index in [1.54, 1.807) is 25.1 Å². The number of rotatable bonds is 4. The van der Waals surface area contributed by atoms with Gasteiger partial charge in [-0.05, 0) is 24.6 Å². The Morgan fingerprint density at radius 3 is 2.05 bits per heavy atom. The van der Waals surface area contributed by atoms with Gasteiger partial charge in [0.15, 0.2) is 0 Å². The molecule has 2 aromatic carbocycles. The van der Waals surface area contributed by atoms with Crippen LogP contribution in [0.25, 0.3) is 0 Å². The highest BCUT2D eigenvalue weighted by molar-refractivity contribution is 5.55. The number of benzene rings is 2. The first-order valence-corrected chi connectivity index (χ1v) is 6.15. The van der Waals surface area contributed by atoms with E-state index in [0.717, 1.165) is 5.56 Å². The standard InChI is InChI=1S/C14H13N3O4/c1-9-2-3-10(13(6-9)16(18)19)7-11-4-5-12(15)8-14(11)17(20)21/h2-6,8H,7,15H2,1H3. The van der Waals surface area contributed by atoms with Crippen molar-refractivity contribution < 1.29 is 9.85 Å². The van der Waals surface area contributed by atoms with Crippen molar-refractivity contribution in [1.29, 1.82) is 0 Å². The molecule has 2 rings (SSSR count). The van der Waals surface area contributed by atoms with Crippen LogP contribution in [-0.2, 0) is 6.42 Å². The average molecular weight is 287 g/mol. The van der Waals surface area contributed by atoms with Crippen molar-refractivity contribution in [3.8, 4) is 0 Å². The molecule has 0 aliphatic rings. The van der Waals surface area contributed by atoms with Gasteiger partial charge in [0.2, 0.25) is 0 Å². The van der Waals surface area contributed by atoms with Crippen LogP contribution in [0.1, 0.15) is 16.7 Å². The Labute approximate surface area is 120 Å². The minimum absolute atomic E-state index is 0.0406. The van der Waals surface area contributed by atoms with E-state index in [9.17, 15) is 20.2 Å². The van der Waals surface area contributed by atoms with Crippen molar-refractivity contribution in [2.75, 3.05) is 5.73 Å². The highest BCUT2D eigenvalue weighted by Crippen LogP contribution is 2.28. The van der Waals surface area contributed by atoms with Crippen LogP contribution in [0.4, 0.5) is 17.1 Å². The minimum Gasteiger partial charge on any atom is -0.399 e. The van der Waals surface area contributed by atoms with Crippen molar-refractivity contribution in [3.05, 3.63) is 73.3 Å². The Morgan fingerprint density at radius 1 is 0.952 bits per heavy atom. The molecule has 0 aliphatic carbocycles. The van der Waals surface area contributed by atoms with E-state index in [0.29, 0.717) is 11.1 Å². The summed E-state index contributed by atoms with van der Waals surface area (Å²) in [6.45, 7) is 1.75. The molecule has 0 atom stereocenters. The molecule has 0 saturated carbocycles. The molecule has 0 radical (unpaired) electrons. The number of nitrogens with zero attached hydrogens (tertiary/aromatic N) is 2. The first kappa shape index (κ1) is 14.4. The number of nitrogen functional groups attached to an aromatic ring is 1. The lowest BCUT2D eigenvalue weighted by Crippen LogP contribution is -2.01. The number of hydrogen-bond donors (Lipinski definition) is 1. The maximum absolute atomic E-state index is 11.1. The molecule has 0 amide bonds. The van der Waals surface area contributed by atoms with Gasteiger partial charge in [-0.15, -0.1) is 0 Å². The summed E-state index contributed by atoms with van der Waals surface area (Å²) in [5.41, 5.74) is 7.23. The molecule has 21 heavy (non-hydrogen) atoms. The smallest absolute Gasteiger partial charge is 0.274 e. The Morgan fingerprint density at radius 2 is 1.48 bits per heavy atom. The largest absolute Gasteiger partial charge is 0.399 e. The van der Waals surface area contributed by atoms with E-state index in [4.69, 9.17) is 5.73 Å². The molecule has 0 heterocycles. The lowest BCUT2D eigenvalue weighted by atomic mass is 10.00. The molecule has 0 saturated heterocycles. The highest BCUT2D eigenvalue weighted by atomic mass is 16.6. The van der Waals surface area contributed by atoms with E-state index in [1.165, 1.54) is 18.2 Å². The lowest BCUT2D eigenvalue weighted by Gasteiger charge is -2.06. The van der Waals surface area contributed by atoms with Crippen LogP contribution in [0.5, 0.6) is 0 Å². The first-order valence-electron chi connectivity index (χ1n) is 6.15. The molecule has 0 aliphatic heterocycles. The Bertz CT molecular complexity index is 667. The van der Waals surface area contributed by atoms with E-state index >= 15 is 0 Å². The lowest BCUT2D eigenvalue weighted by molar-refractivity contribution is -0.386. The monoisotopic (exact) mass is 287 g/mol. The zero-order chi connectivity index (χ0) is 15.6. The van der Waals surface area contributed by atoms with E-state index < -0.39 is 9.85 Å². The number of nitro benzene ring substituents is 2. The third kappa shape index (κ3) is 3.14. The van der Waals surface area contributed by atoms with Crippen LogP contribution < -0.4 is 5.73 Å². The van der Waals surface area contributed by atoms with Crippen LogP contribution in [0.15, 0.2) is 36.4 Å². The maximum Gasteiger partial charge on any atom is 0.274 e. The fourth-order valence-corrected chi connectivity index (χ4v) is 2.10. The summed E-state index contributed by atoms with van der Waals surface area (Å²) in [5, 5.41) is 22.1. The van der Waals surface area contributed by atoms with Gasteiger partial charge in [0.1, 0.15) is 0 Å². The molecule has 2 N–H and O–H groups in total. The van der Waals surface area contributed by atoms with Crippen molar-refractivity contribution in [2.45, 2.75) is 13.3 Å².